The van der Waals surface area contributed by atoms with Crippen molar-refractivity contribution in [2.75, 3.05) is 5.32 Å². The van der Waals surface area contributed by atoms with E-state index in [1.54, 1.807) is 32.0 Å². The number of nitrogens with one attached hydrogen (secondary N) is 1. The molecule has 21 heavy (non-hydrogen) atoms. The van der Waals surface area contributed by atoms with Crippen LogP contribution < -0.4 is 5.32 Å². The molecule has 0 amide bonds. The van der Waals surface area contributed by atoms with E-state index >= 15 is 0 Å². The van der Waals surface area contributed by atoms with Gasteiger partial charge in [-0.05, 0) is 50.1 Å². The molecule has 0 aliphatic heterocycles. The highest BCUT2D eigenvalue weighted by Crippen LogP contribution is 2.28. The molecule has 110 valence electrons. The van der Waals surface area contributed by atoms with Gasteiger partial charge in [0.1, 0.15) is 5.82 Å². The molecule has 0 spiro atoms. The number of carboxylic acid groups (broad SMARTS) is 1. The summed E-state index contributed by atoms with van der Waals surface area (Å²) in [6.07, 6.45) is 0. The normalized spacial score (nSPS) is 13.5. The van der Waals surface area contributed by atoms with Crippen LogP contribution in [0.25, 0.3) is 0 Å². The summed E-state index contributed by atoms with van der Waals surface area (Å²) in [5.41, 5.74) is 1.51. The molecule has 0 saturated heterocycles. The fourth-order valence-corrected chi connectivity index (χ4v) is 2.23. The number of aryl methyl sites for hydroxylation is 2. The monoisotopic (exact) mass is 287 g/mol. The largest absolute Gasteiger partial charge is 0.479 e. The number of rotatable bonds is 4. The fraction of sp³-hybridized carbons (Fsp3) is 0.235. The number of hydrogen-bond donors (Lipinski definition) is 2. The van der Waals surface area contributed by atoms with Gasteiger partial charge in [0.05, 0.1) is 0 Å². The molecule has 3 nitrogen and oxygen atoms in total. The molecular formula is C17H18FNO2. The second kappa shape index (κ2) is 5.56. The van der Waals surface area contributed by atoms with Crippen molar-refractivity contribution in [1.82, 2.24) is 0 Å². The average molecular weight is 287 g/mol. The van der Waals surface area contributed by atoms with Gasteiger partial charge in [-0.2, -0.15) is 0 Å². The molecule has 1 unspecified atom stereocenters. The Kier molecular flexibility index (Phi) is 3.98. The Morgan fingerprint density at radius 3 is 2.24 bits per heavy atom. The van der Waals surface area contributed by atoms with Crippen LogP contribution in [-0.4, -0.2) is 11.1 Å². The first-order chi connectivity index (χ1) is 9.81. The quantitative estimate of drug-likeness (QED) is 0.898. The molecule has 0 aromatic heterocycles. The maximum absolute atomic E-state index is 13.5. The van der Waals surface area contributed by atoms with E-state index in [0.29, 0.717) is 11.3 Å². The maximum Gasteiger partial charge on any atom is 0.333 e. The van der Waals surface area contributed by atoms with E-state index in [0.717, 1.165) is 11.1 Å². The van der Waals surface area contributed by atoms with Crippen molar-refractivity contribution in [3.8, 4) is 0 Å². The Morgan fingerprint density at radius 2 is 1.71 bits per heavy atom. The van der Waals surface area contributed by atoms with Crippen molar-refractivity contribution in [3.63, 3.8) is 0 Å². The fourth-order valence-electron chi connectivity index (χ4n) is 2.23. The van der Waals surface area contributed by atoms with Gasteiger partial charge in [-0.25, -0.2) is 9.18 Å². The van der Waals surface area contributed by atoms with Crippen LogP contribution in [0.2, 0.25) is 0 Å². The predicted octanol–water partition coefficient (Wildman–Crippen LogP) is 3.85. The lowest BCUT2D eigenvalue weighted by Crippen LogP contribution is -2.40. The van der Waals surface area contributed by atoms with Crippen molar-refractivity contribution in [2.45, 2.75) is 26.3 Å². The van der Waals surface area contributed by atoms with Crippen LogP contribution in [0.15, 0.2) is 42.5 Å². The lowest BCUT2D eigenvalue weighted by atomic mass is 9.91. The molecule has 2 N–H and O–H groups in total. The number of benzene rings is 2. The van der Waals surface area contributed by atoms with Crippen molar-refractivity contribution in [1.29, 1.82) is 0 Å². The van der Waals surface area contributed by atoms with Gasteiger partial charge in [-0.3, -0.25) is 0 Å². The van der Waals surface area contributed by atoms with Crippen molar-refractivity contribution in [2.24, 2.45) is 0 Å². The van der Waals surface area contributed by atoms with Crippen molar-refractivity contribution >= 4 is 11.7 Å². The van der Waals surface area contributed by atoms with Gasteiger partial charge in [0.25, 0.3) is 0 Å². The van der Waals surface area contributed by atoms with Gasteiger partial charge in [0.15, 0.2) is 5.54 Å². The van der Waals surface area contributed by atoms with E-state index in [-0.39, 0.29) is 0 Å². The van der Waals surface area contributed by atoms with Gasteiger partial charge in [0.2, 0.25) is 0 Å². The Hall–Kier alpha value is -2.36. The van der Waals surface area contributed by atoms with E-state index in [9.17, 15) is 14.3 Å². The van der Waals surface area contributed by atoms with Crippen LogP contribution in [0.1, 0.15) is 23.6 Å². The number of aliphatic carboxylic acids is 1. The highest BCUT2D eigenvalue weighted by atomic mass is 19.1. The van der Waals surface area contributed by atoms with Crippen molar-refractivity contribution < 1.29 is 14.3 Å². The standard InChI is InChI=1S/C17H18FNO2/c1-11-4-6-13(7-5-11)17(3,16(20)21)19-15-9-12(2)8-14(18)10-15/h4-10,19H,1-3H3,(H,20,21). The topological polar surface area (TPSA) is 49.3 Å². The number of hydrogen-bond acceptors (Lipinski definition) is 2. The second-order valence-corrected chi connectivity index (χ2v) is 5.44. The number of anilines is 1. The van der Waals surface area contributed by atoms with Gasteiger partial charge in [0, 0.05) is 5.69 Å². The van der Waals surface area contributed by atoms with Crippen LogP contribution in [0.3, 0.4) is 0 Å². The Balaban J connectivity index is 2.43. The van der Waals surface area contributed by atoms with E-state index in [1.807, 2.05) is 19.1 Å². The Bertz CT molecular complexity index is 647. The van der Waals surface area contributed by atoms with Crippen LogP contribution in [-0.2, 0) is 10.3 Å². The second-order valence-electron chi connectivity index (χ2n) is 5.44. The molecule has 1 atom stereocenters. The molecule has 0 aliphatic rings. The molecular weight excluding hydrogens is 269 g/mol. The first-order valence-electron chi connectivity index (χ1n) is 6.67. The highest BCUT2D eigenvalue weighted by Gasteiger charge is 2.35. The summed E-state index contributed by atoms with van der Waals surface area (Å²) in [4.78, 5) is 11.7. The number of carboxylic acids is 1. The van der Waals surface area contributed by atoms with Crippen LogP contribution in [0.5, 0.6) is 0 Å². The number of halogens is 1. The predicted molar refractivity (Wildman–Crippen MR) is 80.9 cm³/mol. The van der Waals surface area contributed by atoms with Gasteiger partial charge < -0.3 is 10.4 Å². The van der Waals surface area contributed by atoms with Gasteiger partial charge in [-0.1, -0.05) is 29.8 Å². The lowest BCUT2D eigenvalue weighted by Gasteiger charge is -2.28. The maximum atomic E-state index is 13.5. The third kappa shape index (κ3) is 3.21. The first kappa shape index (κ1) is 15.0. The molecule has 2 rings (SSSR count). The smallest absolute Gasteiger partial charge is 0.333 e. The van der Waals surface area contributed by atoms with Crippen LogP contribution in [0, 0.1) is 19.7 Å². The third-order valence-corrected chi connectivity index (χ3v) is 3.49. The van der Waals surface area contributed by atoms with E-state index in [1.165, 1.54) is 12.1 Å². The molecule has 0 bridgehead atoms. The summed E-state index contributed by atoms with van der Waals surface area (Å²) in [5, 5.41) is 12.5. The molecule has 4 heteroatoms. The summed E-state index contributed by atoms with van der Waals surface area (Å²) in [6, 6.07) is 11.7. The Labute approximate surface area is 123 Å². The molecule has 0 aliphatic carbocycles. The zero-order chi connectivity index (χ0) is 15.6. The minimum atomic E-state index is -1.33. The molecule has 0 radical (unpaired) electrons. The molecule has 0 heterocycles. The molecule has 0 saturated carbocycles. The molecule has 2 aromatic carbocycles. The average Bonchev–Trinajstić information content (AvgIpc) is 2.37. The Morgan fingerprint density at radius 1 is 1.10 bits per heavy atom. The van der Waals surface area contributed by atoms with Crippen LogP contribution in [0.4, 0.5) is 10.1 Å². The van der Waals surface area contributed by atoms with E-state index in [4.69, 9.17) is 0 Å². The van der Waals surface area contributed by atoms with Crippen molar-refractivity contribution in [3.05, 3.63) is 65.0 Å². The lowest BCUT2D eigenvalue weighted by molar-refractivity contribution is -0.142. The SMILES string of the molecule is Cc1ccc(C(C)(Nc2cc(C)cc(F)c2)C(=O)O)cc1. The highest BCUT2D eigenvalue weighted by molar-refractivity contribution is 5.84. The summed E-state index contributed by atoms with van der Waals surface area (Å²) >= 11 is 0. The van der Waals surface area contributed by atoms with Gasteiger partial charge in [-0.15, -0.1) is 0 Å². The summed E-state index contributed by atoms with van der Waals surface area (Å²) in [7, 11) is 0. The van der Waals surface area contributed by atoms with E-state index in [2.05, 4.69) is 5.32 Å². The zero-order valence-electron chi connectivity index (χ0n) is 12.3. The summed E-state index contributed by atoms with van der Waals surface area (Å²) < 4.78 is 13.5. The van der Waals surface area contributed by atoms with Crippen LogP contribution >= 0.6 is 0 Å². The third-order valence-electron chi connectivity index (χ3n) is 3.49. The zero-order valence-corrected chi connectivity index (χ0v) is 12.3. The summed E-state index contributed by atoms with van der Waals surface area (Å²) in [5.74, 6) is -1.41. The summed E-state index contributed by atoms with van der Waals surface area (Å²) in [6.45, 7) is 5.27. The minimum Gasteiger partial charge on any atom is -0.479 e. The van der Waals surface area contributed by atoms with Gasteiger partial charge >= 0.3 is 5.97 Å². The number of carbonyl (C=O) groups is 1. The first-order valence-corrected chi connectivity index (χ1v) is 6.67. The molecule has 2 aromatic rings. The van der Waals surface area contributed by atoms with E-state index < -0.39 is 17.3 Å². The molecule has 0 fully saturated rings. The minimum absolute atomic E-state index is 0.394.